The highest BCUT2D eigenvalue weighted by Gasteiger charge is 2.27. The Balaban J connectivity index is 1.78. The first-order valence-electron chi connectivity index (χ1n) is 6.47. The smallest absolute Gasteiger partial charge is 0.0718 e. The third-order valence-electron chi connectivity index (χ3n) is 3.38. The van der Waals surface area contributed by atoms with Gasteiger partial charge in [-0.2, -0.15) is 0 Å². The average molecular weight is 228 g/mol. The molecule has 94 valence electrons. The van der Waals surface area contributed by atoms with Crippen LogP contribution in [0.4, 0.5) is 0 Å². The van der Waals surface area contributed by atoms with Gasteiger partial charge in [0.15, 0.2) is 0 Å². The fraction of sp³-hybridized carbons (Fsp3) is 1.00. The number of ether oxygens (including phenoxy) is 2. The summed E-state index contributed by atoms with van der Waals surface area (Å²) in [6.45, 7) is 6.91. The number of nitrogens with two attached hydrogens (primary N) is 1. The van der Waals surface area contributed by atoms with E-state index in [0.717, 1.165) is 32.7 Å². The van der Waals surface area contributed by atoms with Gasteiger partial charge < -0.3 is 15.2 Å². The zero-order chi connectivity index (χ0) is 11.4. The zero-order valence-electron chi connectivity index (χ0n) is 10.2. The molecule has 2 rings (SSSR count). The summed E-state index contributed by atoms with van der Waals surface area (Å²) in [6.07, 6.45) is 4.49. The topological polar surface area (TPSA) is 47.7 Å². The fourth-order valence-corrected chi connectivity index (χ4v) is 2.71. The molecule has 0 aromatic carbocycles. The molecule has 2 heterocycles. The van der Waals surface area contributed by atoms with Crippen LogP contribution in [0.25, 0.3) is 0 Å². The summed E-state index contributed by atoms with van der Waals surface area (Å²) in [5.74, 6) is 0. The zero-order valence-corrected chi connectivity index (χ0v) is 10.2. The van der Waals surface area contributed by atoms with E-state index in [0.29, 0.717) is 24.9 Å². The third kappa shape index (κ3) is 3.42. The van der Waals surface area contributed by atoms with Gasteiger partial charge in [-0.3, -0.25) is 4.90 Å². The van der Waals surface area contributed by atoms with E-state index in [2.05, 4.69) is 11.8 Å². The molecule has 2 N–H and O–H groups in total. The molecule has 4 heteroatoms. The van der Waals surface area contributed by atoms with Crippen molar-refractivity contribution in [3.63, 3.8) is 0 Å². The van der Waals surface area contributed by atoms with E-state index >= 15 is 0 Å². The molecule has 0 spiro atoms. The van der Waals surface area contributed by atoms with E-state index in [4.69, 9.17) is 15.2 Å². The van der Waals surface area contributed by atoms with Crippen LogP contribution in [0.3, 0.4) is 0 Å². The van der Waals surface area contributed by atoms with E-state index in [-0.39, 0.29) is 0 Å². The van der Waals surface area contributed by atoms with Crippen molar-refractivity contribution in [3.8, 4) is 0 Å². The Bertz CT molecular complexity index is 207. The maximum Gasteiger partial charge on any atom is 0.0718 e. The minimum absolute atomic E-state index is 0.315. The molecule has 4 nitrogen and oxygen atoms in total. The lowest BCUT2D eigenvalue weighted by Crippen LogP contribution is -2.49. The number of morpholine rings is 1. The molecule has 0 aromatic heterocycles. The average Bonchev–Trinajstić information content (AvgIpc) is 2.70. The van der Waals surface area contributed by atoms with Crippen molar-refractivity contribution >= 4 is 0 Å². The molecule has 0 aliphatic carbocycles. The molecule has 0 radical (unpaired) electrons. The second-order valence-corrected chi connectivity index (χ2v) is 5.00. The predicted molar refractivity (Wildman–Crippen MR) is 63.4 cm³/mol. The van der Waals surface area contributed by atoms with E-state index in [1.807, 2.05) is 0 Å². The molecule has 2 aliphatic rings. The Morgan fingerprint density at radius 3 is 2.88 bits per heavy atom. The maximum absolute atomic E-state index is 5.86. The van der Waals surface area contributed by atoms with E-state index in [9.17, 15) is 0 Å². The van der Waals surface area contributed by atoms with Gasteiger partial charge in [-0.15, -0.1) is 0 Å². The number of rotatable bonds is 4. The molecular weight excluding hydrogens is 204 g/mol. The maximum atomic E-state index is 5.86. The van der Waals surface area contributed by atoms with Gasteiger partial charge >= 0.3 is 0 Å². The van der Waals surface area contributed by atoms with Gasteiger partial charge in [0.05, 0.1) is 18.3 Å². The molecule has 0 bridgehead atoms. The van der Waals surface area contributed by atoms with Crippen LogP contribution < -0.4 is 5.73 Å². The SMILES string of the molecule is CC1CN(CC2CCCO2)CC(CCN)O1. The summed E-state index contributed by atoms with van der Waals surface area (Å²) in [4.78, 5) is 2.48. The Morgan fingerprint density at radius 2 is 2.19 bits per heavy atom. The second kappa shape index (κ2) is 5.96. The Hall–Kier alpha value is -0.160. The van der Waals surface area contributed by atoms with Gasteiger partial charge in [-0.1, -0.05) is 0 Å². The number of hydrogen-bond acceptors (Lipinski definition) is 4. The molecule has 16 heavy (non-hydrogen) atoms. The first-order chi connectivity index (χ1) is 7.78. The van der Waals surface area contributed by atoms with Crippen molar-refractivity contribution in [2.45, 2.75) is 44.5 Å². The minimum Gasteiger partial charge on any atom is -0.377 e. The van der Waals surface area contributed by atoms with Gasteiger partial charge in [-0.05, 0) is 32.7 Å². The summed E-state index contributed by atoms with van der Waals surface area (Å²) in [6, 6.07) is 0. The summed E-state index contributed by atoms with van der Waals surface area (Å²) < 4.78 is 11.5. The first kappa shape index (κ1) is 12.3. The van der Waals surface area contributed by atoms with Crippen molar-refractivity contribution in [1.29, 1.82) is 0 Å². The summed E-state index contributed by atoms with van der Waals surface area (Å²) in [5.41, 5.74) is 5.59. The van der Waals surface area contributed by atoms with E-state index in [1.165, 1.54) is 12.8 Å². The van der Waals surface area contributed by atoms with Crippen LogP contribution in [-0.4, -0.2) is 56.0 Å². The Kier molecular flexibility index (Phi) is 4.58. The van der Waals surface area contributed by atoms with Gasteiger partial charge in [0.25, 0.3) is 0 Å². The normalized spacial score (nSPS) is 36.8. The van der Waals surface area contributed by atoms with Crippen LogP contribution >= 0.6 is 0 Å². The molecule has 2 fully saturated rings. The van der Waals surface area contributed by atoms with E-state index in [1.54, 1.807) is 0 Å². The van der Waals surface area contributed by atoms with Crippen molar-refractivity contribution in [1.82, 2.24) is 4.90 Å². The number of hydrogen-bond donors (Lipinski definition) is 1. The molecule has 3 unspecified atom stereocenters. The largest absolute Gasteiger partial charge is 0.377 e. The van der Waals surface area contributed by atoms with Crippen molar-refractivity contribution < 1.29 is 9.47 Å². The standard InChI is InChI=1S/C12H24N2O2/c1-10-7-14(8-11-3-2-6-15-11)9-12(16-10)4-5-13/h10-12H,2-9,13H2,1H3. The van der Waals surface area contributed by atoms with Crippen molar-refractivity contribution in [2.75, 3.05) is 32.8 Å². The summed E-state index contributed by atoms with van der Waals surface area (Å²) in [5, 5.41) is 0. The van der Waals surface area contributed by atoms with Gasteiger partial charge in [0.1, 0.15) is 0 Å². The van der Waals surface area contributed by atoms with Gasteiger partial charge in [-0.25, -0.2) is 0 Å². The van der Waals surface area contributed by atoms with Crippen LogP contribution in [0.1, 0.15) is 26.2 Å². The lowest BCUT2D eigenvalue weighted by Gasteiger charge is -2.37. The highest BCUT2D eigenvalue weighted by Crippen LogP contribution is 2.18. The van der Waals surface area contributed by atoms with Crippen LogP contribution in [-0.2, 0) is 9.47 Å². The molecule has 0 aromatic rings. The van der Waals surface area contributed by atoms with Crippen LogP contribution in [0.5, 0.6) is 0 Å². The quantitative estimate of drug-likeness (QED) is 0.765. The highest BCUT2D eigenvalue weighted by molar-refractivity contribution is 4.79. The van der Waals surface area contributed by atoms with Crippen molar-refractivity contribution in [3.05, 3.63) is 0 Å². The lowest BCUT2D eigenvalue weighted by atomic mass is 10.1. The molecule has 2 saturated heterocycles. The monoisotopic (exact) mass is 228 g/mol. The van der Waals surface area contributed by atoms with E-state index < -0.39 is 0 Å². The van der Waals surface area contributed by atoms with Gasteiger partial charge in [0.2, 0.25) is 0 Å². The van der Waals surface area contributed by atoms with Crippen molar-refractivity contribution in [2.24, 2.45) is 5.73 Å². The highest BCUT2D eigenvalue weighted by atomic mass is 16.5. The molecule has 3 atom stereocenters. The first-order valence-corrected chi connectivity index (χ1v) is 6.47. The summed E-state index contributed by atoms with van der Waals surface area (Å²) >= 11 is 0. The third-order valence-corrected chi connectivity index (χ3v) is 3.38. The molecule has 2 aliphatic heterocycles. The lowest BCUT2D eigenvalue weighted by molar-refractivity contribution is -0.0872. The van der Waals surface area contributed by atoms with Crippen LogP contribution in [0.2, 0.25) is 0 Å². The Morgan fingerprint density at radius 1 is 1.31 bits per heavy atom. The van der Waals surface area contributed by atoms with Gasteiger partial charge in [0, 0.05) is 26.2 Å². The minimum atomic E-state index is 0.315. The Labute approximate surface area is 98.1 Å². The molecule has 0 saturated carbocycles. The summed E-state index contributed by atoms with van der Waals surface area (Å²) in [7, 11) is 0. The molecule has 0 amide bonds. The number of nitrogens with zero attached hydrogens (tertiary/aromatic N) is 1. The second-order valence-electron chi connectivity index (χ2n) is 5.00. The molecular formula is C12H24N2O2. The predicted octanol–water partition coefficient (Wildman–Crippen LogP) is 0.604. The fourth-order valence-electron chi connectivity index (χ4n) is 2.71. The van der Waals surface area contributed by atoms with Crippen LogP contribution in [0, 0.1) is 0 Å². The van der Waals surface area contributed by atoms with Crippen LogP contribution in [0.15, 0.2) is 0 Å².